The molecule has 0 saturated heterocycles. The molecule has 0 fully saturated rings. The molecule has 0 N–H and O–H groups in total. The van der Waals surface area contributed by atoms with Crippen molar-refractivity contribution in [1.29, 1.82) is 0 Å². The first-order valence-corrected chi connectivity index (χ1v) is 18.3. The Kier molecular flexibility index (Phi) is 7.81. The zero-order chi connectivity index (χ0) is 35.8. The molecule has 3 heteroatoms. The highest BCUT2D eigenvalue weighted by molar-refractivity contribution is 6.25. The second kappa shape index (κ2) is 13.4. The maximum Gasteiger partial charge on any atom is 0.164 e. The van der Waals surface area contributed by atoms with Gasteiger partial charge in [-0.3, -0.25) is 0 Å². The van der Waals surface area contributed by atoms with Crippen LogP contribution in [0.5, 0.6) is 0 Å². The molecule has 10 aromatic rings. The second-order valence-corrected chi connectivity index (χ2v) is 13.6. The minimum absolute atomic E-state index is 0.637. The van der Waals surface area contributed by atoms with Crippen molar-refractivity contribution in [2.45, 2.75) is 0 Å². The summed E-state index contributed by atoms with van der Waals surface area (Å²) in [6.45, 7) is 0. The van der Waals surface area contributed by atoms with E-state index < -0.39 is 0 Å². The number of hydrogen-bond acceptors (Lipinski definition) is 3. The molecule has 10 rings (SSSR count). The Bertz CT molecular complexity index is 2940. The van der Waals surface area contributed by atoms with Crippen molar-refractivity contribution in [2.75, 3.05) is 0 Å². The fourth-order valence-electron chi connectivity index (χ4n) is 7.60. The summed E-state index contributed by atoms with van der Waals surface area (Å²) in [4.78, 5) is 15.1. The number of hydrogen-bond donors (Lipinski definition) is 0. The largest absolute Gasteiger partial charge is 0.208 e. The molecular formula is C51H33N3. The fraction of sp³-hybridized carbons (Fsp3) is 0. The van der Waals surface area contributed by atoms with E-state index in [1.54, 1.807) is 0 Å². The van der Waals surface area contributed by atoms with E-state index in [2.05, 4.69) is 164 Å². The van der Waals surface area contributed by atoms with E-state index in [0.29, 0.717) is 17.5 Å². The minimum Gasteiger partial charge on any atom is -0.208 e. The standard InChI is InChI=1S/C51H33N3/c1-3-13-34(14-4-1)38-17-11-18-39(31-38)35-25-27-37(28-26-35)50-52-49(36-15-5-2-6-16-36)53-51(54-50)42-20-12-19-40(32-42)41-29-30-47-45-23-8-7-21-43(45)44-22-9-10-24-46(44)48(47)33-41/h1-33H. The number of fused-ring (bicyclic) bond motifs is 6. The van der Waals surface area contributed by atoms with Crippen LogP contribution in [0.15, 0.2) is 200 Å². The average molecular weight is 688 g/mol. The van der Waals surface area contributed by atoms with Crippen LogP contribution >= 0.6 is 0 Å². The van der Waals surface area contributed by atoms with Crippen LogP contribution < -0.4 is 0 Å². The molecule has 0 aliphatic heterocycles. The molecule has 0 aliphatic carbocycles. The molecule has 0 atom stereocenters. The van der Waals surface area contributed by atoms with Crippen LogP contribution in [0.3, 0.4) is 0 Å². The van der Waals surface area contributed by atoms with Crippen molar-refractivity contribution < 1.29 is 0 Å². The van der Waals surface area contributed by atoms with Gasteiger partial charge in [-0.15, -0.1) is 0 Å². The van der Waals surface area contributed by atoms with E-state index in [4.69, 9.17) is 15.0 Å². The Morgan fingerprint density at radius 3 is 1.07 bits per heavy atom. The molecule has 0 spiro atoms. The SMILES string of the molecule is c1ccc(-c2cccc(-c3ccc(-c4nc(-c5ccccc5)nc(-c5cccc(-c6ccc7c8ccccc8c8ccccc8c7c6)c5)n4)cc3)c2)cc1. The Morgan fingerprint density at radius 1 is 0.185 bits per heavy atom. The van der Waals surface area contributed by atoms with E-state index in [9.17, 15) is 0 Å². The smallest absolute Gasteiger partial charge is 0.164 e. The van der Waals surface area contributed by atoms with Gasteiger partial charge < -0.3 is 0 Å². The Balaban J connectivity index is 1.05. The van der Waals surface area contributed by atoms with Crippen LogP contribution in [0.4, 0.5) is 0 Å². The predicted molar refractivity (Wildman–Crippen MR) is 225 cm³/mol. The lowest BCUT2D eigenvalue weighted by molar-refractivity contribution is 1.07. The van der Waals surface area contributed by atoms with Gasteiger partial charge in [-0.2, -0.15) is 0 Å². The summed E-state index contributed by atoms with van der Waals surface area (Å²) in [5.41, 5.74) is 9.77. The third-order valence-electron chi connectivity index (χ3n) is 10.3. The summed E-state index contributed by atoms with van der Waals surface area (Å²) in [5, 5.41) is 7.58. The predicted octanol–water partition coefficient (Wildman–Crippen LogP) is 13.3. The monoisotopic (exact) mass is 687 g/mol. The second-order valence-electron chi connectivity index (χ2n) is 13.6. The van der Waals surface area contributed by atoms with Gasteiger partial charge >= 0.3 is 0 Å². The van der Waals surface area contributed by atoms with Crippen LogP contribution in [0.2, 0.25) is 0 Å². The molecule has 1 aromatic heterocycles. The van der Waals surface area contributed by atoms with Crippen LogP contribution in [0.25, 0.3) is 99.9 Å². The van der Waals surface area contributed by atoms with Crippen molar-refractivity contribution in [3.8, 4) is 67.5 Å². The highest BCUT2D eigenvalue weighted by Crippen LogP contribution is 2.38. The van der Waals surface area contributed by atoms with Gasteiger partial charge in [-0.25, -0.2) is 15.0 Å². The van der Waals surface area contributed by atoms with E-state index in [1.807, 2.05) is 36.4 Å². The van der Waals surface area contributed by atoms with Crippen LogP contribution in [-0.4, -0.2) is 15.0 Å². The third kappa shape index (κ3) is 5.78. The van der Waals surface area contributed by atoms with Crippen LogP contribution in [-0.2, 0) is 0 Å². The van der Waals surface area contributed by atoms with Crippen molar-refractivity contribution in [3.05, 3.63) is 200 Å². The lowest BCUT2D eigenvalue weighted by Gasteiger charge is -2.13. The third-order valence-corrected chi connectivity index (χ3v) is 10.3. The van der Waals surface area contributed by atoms with Gasteiger partial charge in [0.25, 0.3) is 0 Å². The summed E-state index contributed by atoms with van der Waals surface area (Å²) in [6, 6.07) is 70.6. The van der Waals surface area contributed by atoms with Gasteiger partial charge in [0.1, 0.15) is 0 Å². The quantitative estimate of drug-likeness (QED) is 0.163. The molecule has 54 heavy (non-hydrogen) atoms. The minimum atomic E-state index is 0.637. The summed E-state index contributed by atoms with van der Waals surface area (Å²) in [7, 11) is 0. The summed E-state index contributed by atoms with van der Waals surface area (Å²) in [5.74, 6) is 1.92. The van der Waals surface area contributed by atoms with E-state index >= 15 is 0 Å². The lowest BCUT2D eigenvalue weighted by Crippen LogP contribution is -2.00. The maximum atomic E-state index is 5.09. The molecule has 0 bridgehead atoms. The molecular weight excluding hydrogens is 655 g/mol. The van der Waals surface area contributed by atoms with Crippen molar-refractivity contribution in [3.63, 3.8) is 0 Å². The number of nitrogens with zero attached hydrogens (tertiary/aromatic N) is 3. The van der Waals surface area contributed by atoms with Crippen molar-refractivity contribution in [1.82, 2.24) is 15.0 Å². The average Bonchev–Trinajstić information content (AvgIpc) is 3.27. The van der Waals surface area contributed by atoms with Crippen molar-refractivity contribution in [2.24, 2.45) is 0 Å². The molecule has 3 nitrogen and oxygen atoms in total. The summed E-state index contributed by atoms with van der Waals surface area (Å²) in [6.07, 6.45) is 0. The van der Waals surface area contributed by atoms with E-state index in [1.165, 1.54) is 43.4 Å². The van der Waals surface area contributed by atoms with Crippen LogP contribution in [0.1, 0.15) is 0 Å². The maximum absolute atomic E-state index is 5.09. The van der Waals surface area contributed by atoms with Gasteiger partial charge in [0.15, 0.2) is 17.5 Å². The topological polar surface area (TPSA) is 38.7 Å². The zero-order valence-electron chi connectivity index (χ0n) is 29.4. The summed E-state index contributed by atoms with van der Waals surface area (Å²) < 4.78 is 0. The van der Waals surface area contributed by atoms with Crippen molar-refractivity contribution >= 4 is 32.3 Å². The lowest BCUT2D eigenvalue weighted by atomic mass is 9.92. The number of aromatic nitrogens is 3. The summed E-state index contributed by atoms with van der Waals surface area (Å²) >= 11 is 0. The molecule has 0 aliphatic rings. The first-order valence-electron chi connectivity index (χ1n) is 18.3. The Morgan fingerprint density at radius 2 is 0.500 bits per heavy atom. The van der Waals surface area contributed by atoms with E-state index in [0.717, 1.165) is 38.9 Å². The molecule has 9 aromatic carbocycles. The zero-order valence-corrected chi connectivity index (χ0v) is 29.4. The van der Waals surface area contributed by atoms with Gasteiger partial charge in [-0.1, -0.05) is 182 Å². The van der Waals surface area contributed by atoms with Gasteiger partial charge in [0.05, 0.1) is 0 Å². The Labute approximate surface area is 313 Å². The fourth-order valence-corrected chi connectivity index (χ4v) is 7.60. The molecule has 252 valence electrons. The van der Waals surface area contributed by atoms with Crippen LogP contribution in [0, 0.1) is 0 Å². The molecule has 0 radical (unpaired) electrons. The molecule has 1 heterocycles. The first kappa shape index (κ1) is 31.5. The Hall–Kier alpha value is -7.23. The highest BCUT2D eigenvalue weighted by Gasteiger charge is 2.15. The van der Waals surface area contributed by atoms with E-state index in [-0.39, 0.29) is 0 Å². The first-order chi connectivity index (χ1) is 26.7. The van der Waals surface area contributed by atoms with Gasteiger partial charge in [0.2, 0.25) is 0 Å². The number of benzene rings is 9. The molecule has 0 saturated carbocycles. The number of rotatable bonds is 6. The molecule has 0 unspecified atom stereocenters. The van der Waals surface area contributed by atoms with Gasteiger partial charge in [0, 0.05) is 16.7 Å². The normalized spacial score (nSPS) is 11.3. The highest BCUT2D eigenvalue weighted by atomic mass is 15.0. The van der Waals surface area contributed by atoms with Gasteiger partial charge in [-0.05, 0) is 83.9 Å². The molecule has 0 amide bonds.